The molecule has 1 aliphatic rings. The molecule has 1 aliphatic heterocycles. The van der Waals surface area contributed by atoms with Gasteiger partial charge in [-0.2, -0.15) is 0 Å². The van der Waals surface area contributed by atoms with Crippen LogP contribution in [0.3, 0.4) is 0 Å². The molecule has 1 fully saturated rings. The maximum atomic E-state index is 3.66. The standard InChI is InChI=1S/C18H30N2/c1-4-5-6-17-7-9-18(10-8-17)20-13-11-15(2)19-16(3)12-14-20/h7-10,15-16,19H,4-6,11-14H2,1-3H3. The van der Waals surface area contributed by atoms with Crippen LogP contribution in [0.2, 0.25) is 0 Å². The van der Waals surface area contributed by atoms with E-state index >= 15 is 0 Å². The lowest BCUT2D eigenvalue weighted by Gasteiger charge is -2.32. The summed E-state index contributed by atoms with van der Waals surface area (Å²) in [5, 5.41) is 3.66. The fourth-order valence-corrected chi connectivity index (χ4v) is 2.98. The molecular weight excluding hydrogens is 244 g/mol. The Bertz CT molecular complexity index is 373. The molecular formula is C18H30N2. The highest BCUT2D eigenvalue weighted by molar-refractivity contribution is 5.47. The number of aryl methyl sites for hydroxylation is 1. The molecule has 0 amide bonds. The number of nitrogens with zero attached hydrogens (tertiary/aromatic N) is 1. The topological polar surface area (TPSA) is 15.3 Å². The molecule has 2 heteroatoms. The van der Waals surface area contributed by atoms with Crippen LogP contribution >= 0.6 is 0 Å². The van der Waals surface area contributed by atoms with Crippen LogP contribution in [0.25, 0.3) is 0 Å². The second-order valence-corrected chi connectivity index (χ2v) is 6.30. The van der Waals surface area contributed by atoms with Gasteiger partial charge < -0.3 is 10.2 Å². The molecule has 0 aliphatic carbocycles. The van der Waals surface area contributed by atoms with Gasteiger partial charge in [0, 0.05) is 30.9 Å². The third-order valence-electron chi connectivity index (χ3n) is 4.35. The first-order chi connectivity index (χ1) is 9.69. The van der Waals surface area contributed by atoms with Gasteiger partial charge in [0.05, 0.1) is 0 Å². The van der Waals surface area contributed by atoms with Crippen LogP contribution in [0, 0.1) is 0 Å². The summed E-state index contributed by atoms with van der Waals surface area (Å²) in [6.45, 7) is 9.18. The SMILES string of the molecule is CCCCc1ccc(N2CCC(C)NC(C)CC2)cc1. The fraction of sp³-hybridized carbons (Fsp3) is 0.667. The van der Waals surface area contributed by atoms with E-state index in [0.29, 0.717) is 12.1 Å². The predicted octanol–water partition coefficient (Wildman–Crippen LogP) is 4.00. The average molecular weight is 274 g/mol. The third kappa shape index (κ3) is 4.52. The Hall–Kier alpha value is -1.02. The molecule has 1 aromatic carbocycles. The highest BCUT2D eigenvalue weighted by atomic mass is 15.1. The van der Waals surface area contributed by atoms with Crippen molar-refractivity contribution >= 4 is 5.69 Å². The summed E-state index contributed by atoms with van der Waals surface area (Å²) in [6.07, 6.45) is 6.24. The number of nitrogens with one attached hydrogen (secondary N) is 1. The highest BCUT2D eigenvalue weighted by Gasteiger charge is 2.16. The average Bonchev–Trinajstić information content (AvgIpc) is 2.44. The van der Waals surface area contributed by atoms with Gasteiger partial charge >= 0.3 is 0 Å². The Kier molecular flexibility index (Phi) is 5.90. The second-order valence-electron chi connectivity index (χ2n) is 6.30. The zero-order valence-electron chi connectivity index (χ0n) is 13.4. The summed E-state index contributed by atoms with van der Waals surface area (Å²) in [5.41, 5.74) is 2.87. The number of benzene rings is 1. The molecule has 0 aromatic heterocycles. The van der Waals surface area contributed by atoms with Gasteiger partial charge in [-0.3, -0.25) is 0 Å². The maximum Gasteiger partial charge on any atom is 0.0366 e. The quantitative estimate of drug-likeness (QED) is 0.893. The van der Waals surface area contributed by atoms with Gasteiger partial charge in [-0.15, -0.1) is 0 Å². The molecule has 0 spiro atoms. The van der Waals surface area contributed by atoms with E-state index in [1.807, 2.05) is 0 Å². The molecule has 1 saturated heterocycles. The van der Waals surface area contributed by atoms with Crippen molar-refractivity contribution in [3.05, 3.63) is 29.8 Å². The summed E-state index contributed by atoms with van der Waals surface area (Å²) in [7, 11) is 0. The lowest BCUT2D eigenvalue weighted by atomic mass is 10.1. The molecule has 0 radical (unpaired) electrons. The van der Waals surface area contributed by atoms with E-state index in [2.05, 4.69) is 55.3 Å². The van der Waals surface area contributed by atoms with Crippen LogP contribution in [0.5, 0.6) is 0 Å². The van der Waals surface area contributed by atoms with Gasteiger partial charge in [0.15, 0.2) is 0 Å². The van der Waals surface area contributed by atoms with Gasteiger partial charge in [-0.1, -0.05) is 25.5 Å². The van der Waals surface area contributed by atoms with Gasteiger partial charge in [0.1, 0.15) is 0 Å². The Morgan fingerprint density at radius 2 is 1.65 bits per heavy atom. The molecule has 20 heavy (non-hydrogen) atoms. The summed E-state index contributed by atoms with van der Waals surface area (Å²) >= 11 is 0. The minimum absolute atomic E-state index is 0.622. The van der Waals surface area contributed by atoms with Crippen molar-refractivity contribution in [1.82, 2.24) is 5.32 Å². The smallest absolute Gasteiger partial charge is 0.0366 e. The van der Waals surface area contributed by atoms with Gasteiger partial charge in [-0.25, -0.2) is 0 Å². The zero-order valence-corrected chi connectivity index (χ0v) is 13.4. The Morgan fingerprint density at radius 3 is 2.20 bits per heavy atom. The Morgan fingerprint density at radius 1 is 1.05 bits per heavy atom. The van der Waals surface area contributed by atoms with Gasteiger partial charge in [0.25, 0.3) is 0 Å². The molecule has 0 saturated carbocycles. The van der Waals surface area contributed by atoms with Gasteiger partial charge in [-0.05, 0) is 57.2 Å². The minimum Gasteiger partial charge on any atom is -0.371 e. The van der Waals surface area contributed by atoms with E-state index in [-0.39, 0.29) is 0 Å². The largest absolute Gasteiger partial charge is 0.371 e. The molecule has 2 rings (SSSR count). The lowest BCUT2D eigenvalue weighted by molar-refractivity contribution is 0.404. The number of hydrogen-bond donors (Lipinski definition) is 1. The summed E-state index contributed by atoms with van der Waals surface area (Å²) in [4.78, 5) is 2.55. The van der Waals surface area contributed by atoms with E-state index in [1.165, 1.54) is 43.4 Å². The first-order valence-electron chi connectivity index (χ1n) is 8.29. The maximum absolute atomic E-state index is 3.66. The van der Waals surface area contributed by atoms with E-state index in [4.69, 9.17) is 0 Å². The van der Waals surface area contributed by atoms with Crippen LogP contribution in [0.4, 0.5) is 5.69 Å². The van der Waals surface area contributed by atoms with E-state index in [1.54, 1.807) is 0 Å². The Balaban J connectivity index is 1.98. The van der Waals surface area contributed by atoms with E-state index < -0.39 is 0 Å². The second kappa shape index (κ2) is 7.68. The molecule has 1 N–H and O–H groups in total. The van der Waals surface area contributed by atoms with Crippen LogP contribution in [-0.4, -0.2) is 25.2 Å². The van der Waals surface area contributed by atoms with Crippen molar-refractivity contribution in [2.45, 2.75) is 65.0 Å². The zero-order chi connectivity index (χ0) is 14.4. The summed E-state index contributed by atoms with van der Waals surface area (Å²) < 4.78 is 0. The summed E-state index contributed by atoms with van der Waals surface area (Å²) in [6, 6.07) is 10.5. The van der Waals surface area contributed by atoms with Crippen LogP contribution in [0.1, 0.15) is 52.0 Å². The molecule has 1 aromatic rings. The number of rotatable bonds is 4. The normalized spacial score (nSPS) is 24.2. The van der Waals surface area contributed by atoms with Crippen molar-refractivity contribution in [3.63, 3.8) is 0 Å². The van der Waals surface area contributed by atoms with Gasteiger partial charge in [0.2, 0.25) is 0 Å². The summed E-state index contributed by atoms with van der Waals surface area (Å²) in [5.74, 6) is 0. The van der Waals surface area contributed by atoms with Crippen LogP contribution < -0.4 is 10.2 Å². The number of anilines is 1. The van der Waals surface area contributed by atoms with E-state index in [9.17, 15) is 0 Å². The Labute approximate surface area is 124 Å². The first kappa shape index (κ1) is 15.4. The van der Waals surface area contributed by atoms with Crippen molar-refractivity contribution in [1.29, 1.82) is 0 Å². The predicted molar refractivity (Wildman–Crippen MR) is 88.6 cm³/mol. The lowest BCUT2D eigenvalue weighted by Crippen LogP contribution is -2.43. The molecule has 112 valence electrons. The molecule has 2 atom stereocenters. The van der Waals surface area contributed by atoms with Crippen molar-refractivity contribution in [3.8, 4) is 0 Å². The molecule has 1 heterocycles. The van der Waals surface area contributed by atoms with Crippen molar-refractivity contribution in [2.75, 3.05) is 18.0 Å². The minimum atomic E-state index is 0.622. The van der Waals surface area contributed by atoms with Crippen molar-refractivity contribution in [2.24, 2.45) is 0 Å². The number of unbranched alkanes of at least 4 members (excludes halogenated alkanes) is 1. The van der Waals surface area contributed by atoms with Crippen LogP contribution in [-0.2, 0) is 6.42 Å². The first-order valence-corrected chi connectivity index (χ1v) is 8.29. The van der Waals surface area contributed by atoms with E-state index in [0.717, 1.165) is 13.1 Å². The number of hydrogen-bond acceptors (Lipinski definition) is 2. The van der Waals surface area contributed by atoms with Crippen molar-refractivity contribution < 1.29 is 0 Å². The molecule has 2 nitrogen and oxygen atoms in total. The molecule has 2 unspecified atom stereocenters. The molecule has 0 bridgehead atoms. The third-order valence-corrected chi connectivity index (χ3v) is 4.35. The fourth-order valence-electron chi connectivity index (χ4n) is 2.98. The monoisotopic (exact) mass is 274 g/mol. The van der Waals surface area contributed by atoms with Crippen LogP contribution in [0.15, 0.2) is 24.3 Å². The highest BCUT2D eigenvalue weighted by Crippen LogP contribution is 2.19.